The van der Waals surface area contributed by atoms with E-state index in [2.05, 4.69) is 36.1 Å². The second kappa shape index (κ2) is 6.91. The summed E-state index contributed by atoms with van der Waals surface area (Å²) in [6, 6.07) is 9.18. The zero-order valence-corrected chi connectivity index (χ0v) is 15.1. The van der Waals surface area contributed by atoms with E-state index in [1.807, 2.05) is 0 Å². The molecule has 0 spiro atoms. The van der Waals surface area contributed by atoms with Crippen LogP contribution in [0.15, 0.2) is 24.3 Å². The Morgan fingerprint density at radius 1 is 1.13 bits per heavy atom. The fraction of sp³-hybridized carbons (Fsp3) is 0.667. The van der Waals surface area contributed by atoms with Crippen molar-refractivity contribution < 1.29 is 8.42 Å². The molecular weight excluding hydrogens is 308 g/mol. The van der Waals surface area contributed by atoms with Gasteiger partial charge in [0.05, 0.1) is 6.26 Å². The number of sulfonamides is 1. The number of aryl methyl sites for hydroxylation is 1. The van der Waals surface area contributed by atoms with E-state index >= 15 is 0 Å². The van der Waals surface area contributed by atoms with Gasteiger partial charge in [0.1, 0.15) is 0 Å². The van der Waals surface area contributed by atoms with Crippen LogP contribution in [0.4, 0.5) is 0 Å². The predicted octanol–water partition coefficient (Wildman–Crippen LogP) is 2.80. The zero-order valence-electron chi connectivity index (χ0n) is 14.2. The molecular formula is C18H28N2O2S. The number of piperidine rings is 1. The summed E-state index contributed by atoms with van der Waals surface area (Å²) in [4.78, 5) is 2.58. The number of rotatable bonds is 4. The van der Waals surface area contributed by atoms with E-state index in [0.717, 1.165) is 25.9 Å². The molecule has 128 valence electrons. The van der Waals surface area contributed by atoms with Gasteiger partial charge in [0.15, 0.2) is 0 Å². The summed E-state index contributed by atoms with van der Waals surface area (Å²) in [5, 5.41) is 0. The van der Waals surface area contributed by atoms with Gasteiger partial charge >= 0.3 is 0 Å². The van der Waals surface area contributed by atoms with E-state index in [-0.39, 0.29) is 0 Å². The van der Waals surface area contributed by atoms with Crippen molar-refractivity contribution in [1.29, 1.82) is 0 Å². The molecule has 0 bridgehead atoms. The second-order valence-corrected chi connectivity index (χ2v) is 9.12. The summed E-state index contributed by atoms with van der Waals surface area (Å²) in [5.74, 6) is 0.461. The highest BCUT2D eigenvalue weighted by Crippen LogP contribution is 2.35. The molecule has 3 rings (SSSR count). The van der Waals surface area contributed by atoms with E-state index in [1.54, 1.807) is 4.31 Å². The Bertz CT molecular complexity index is 644. The maximum Gasteiger partial charge on any atom is 0.211 e. The Balaban J connectivity index is 1.68. The Morgan fingerprint density at radius 2 is 1.87 bits per heavy atom. The number of benzene rings is 1. The molecule has 23 heavy (non-hydrogen) atoms. The monoisotopic (exact) mass is 336 g/mol. The molecule has 4 nitrogen and oxygen atoms in total. The van der Waals surface area contributed by atoms with E-state index < -0.39 is 10.0 Å². The molecule has 1 aromatic rings. The van der Waals surface area contributed by atoms with Gasteiger partial charge in [0.25, 0.3) is 0 Å². The Labute approximate surface area is 140 Å². The van der Waals surface area contributed by atoms with Crippen molar-refractivity contribution in [2.45, 2.75) is 38.6 Å². The zero-order chi connectivity index (χ0) is 16.4. The van der Waals surface area contributed by atoms with Crippen molar-refractivity contribution in [3.63, 3.8) is 0 Å². The first-order chi connectivity index (χ1) is 10.9. The van der Waals surface area contributed by atoms with Crippen LogP contribution in [-0.2, 0) is 10.0 Å². The van der Waals surface area contributed by atoms with Gasteiger partial charge in [0.2, 0.25) is 10.0 Å². The molecule has 2 heterocycles. The molecule has 2 saturated heterocycles. The molecule has 0 N–H and O–H groups in total. The van der Waals surface area contributed by atoms with Gasteiger partial charge in [-0.2, -0.15) is 0 Å². The summed E-state index contributed by atoms with van der Waals surface area (Å²) >= 11 is 0. The number of likely N-dealkylation sites (tertiary alicyclic amines) is 1. The van der Waals surface area contributed by atoms with Gasteiger partial charge in [0, 0.05) is 25.7 Å². The van der Waals surface area contributed by atoms with E-state index in [9.17, 15) is 8.42 Å². The molecule has 2 aliphatic heterocycles. The molecule has 2 atom stereocenters. The molecule has 0 aliphatic carbocycles. The summed E-state index contributed by atoms with van der Waals surface area (Å²) < 4.78 is 25.3. The SMILES string of the molecule is Cc1ccccc1[C@H]1CCCN1C[C@H]1CCCN(S(C)(=O)=O)C1. The third-order valence-corrected chi connectivity index (χ3v) is 6.62. The second-order valence-electron chi connectivity index (χ2n) is 7.14. The molecule has 2 fully saturated rings. The first kappa shape index (κ1) is 16.9. The van der Waals surface area contributed by atoms with Crippen LogP contribution in [0.25, 0.3) is 0 Å². The number of hydrogen-bond acceptors (Lipinski definition) is 3. The smallest absolute Gasteiger partial charge is 0.211 e. The van der Waals surface area contributed by atoms with Crippen LogP contribution in [0.1, 0.15) is 42.9 Å². The quantitative estimate of drug-likeness (QED) is 0.849. The number of nitrogens with zero attached hydrogens (tertiary/aromatic N) is 2. The molecule has 2 aliphatic rings. The van der Waals surface area contributed by atoms with Crippen LogP contribution in [-0.4, -0.2) is 50.1 Å². The van der Waals surface area contributed by atoms with E-state index in [4.69, 9.17) is 0 Å². The largest absolute Gasteiger partial charge is 0.296 e. The molecule has 0 unspecified atom stereocenters. The van der Waals surface area contributed by atoms with Crippen molar-refractivity contribution >= 4 is 10.0 Å². The fourth-order valence-electron chi connectivity index (χ4n) is 4.17. The van der Waals surface area contributed by atoms with Crippen molar-refractivity contribution in [3.8, 4) is 0 Å². The Kier molecular flexibility index (Phi) is 5.09. The van der Waals surface area contributed by atoms with Gasteiger partial charge in [-0.15, -0.1) is 0 Å². The summed E-state index contributed by atoms with van der Waals surface area (Å²) in [7, 11) is -3.05. The lowest BCUT2D eigenvalue weighted by atomic mass is 9.96. The van der Waals surface area contributed by atoms with Crippen LogP contribution >= 0.6 is 0 Å². The minimum absolute atomic E-state index is 0.461. The Morgan fingerprint density at radius 3 is 2.61 bits per heavy atom. The molecule has 1 aromatic carbocycles. The maximum absolute atomic E-state index is 11.8. The predicted molar refractivity (Wildman–Crippen MR) is 93.9 cm³/mol. The highest BCUT2D eigenvalue weighted by atomic mass is 32.2. The van der Waals surface area contributed by atoms with Gasteiger partial charge in [-0.25, -0.2) is 12.7 Å². The third-order valence-electron chi connectivity index (χ3n) is 5.35. The van der Waals surface area contributed by atoms with Gasteiger partial charge in [-0.1, -0.05) is 24.3 Å². The van der Waals surface area contributed by atoms with Crippen LogP contribution < -0.4 is 0 Å². The molecule has 5 heteroatoms. The number of hydrogen-bond donors (Lipinski definition) is 0. The van der Waals surface area contributed by atoms with Crippen LogP contribution in [0.5, 0.6) is 0 Å². The minimum Gasteiger partial charge on any atom is -0.296 e. The molecule has 0 aromatic heterocycles. The Hall–Kier alpha value is -0.910. The molecule has 0 amide bonds. The van der Waals surface area contributed by atoms with Crippen molar-refractivity contribution in [2.24, 2.45) is 5.92 Å². The average molecular weight is 337 g/mol. The highest BCUT2D eigenvalue weighted by molar-refractivity contribution is 7.88. The lowest BCUT2D eigenvalue weighted by Crippen LogP contribution is -2.43. The van der Waals surface area contributed by atoms with Gasteiger partial charge in [-0.3, -0.25) is 4.90 Å². The van der Waals surface area contributed by atoms with Crippen LogP contribution in [0.3, 0.4) is 0 Å². The van der Waals surface area contributed by atoms with Crippen molar-refractivity contribution in [3.05, 3.63) is 35.4 Å². The normalized spacial score (nSPS) is 27.4. The fourth-order valence-corrected chi connectivity index (χ4v) is 5.11. The van der Waals surface area contributed by atoms with E-state index in [0.29, 0.717) is 25.0 Å². The highest BCUT2D eigenvalue weighted by Gasteiger charge is 2.32. The van der Waals surface area contributed by atoms with Gasteiger partial charge < -0.3 is 0 Å². The van der Waals surface area contributed by atoms with Gasteiger partial charge in [-0.05, 0) is 56.2 Å². The van der Waals surface area contributed by atoms with Crippen LogP contribution in [0, 0.1) is 12.8 Å². The van der Waals surface area contributed by atoms with E-state index in [1.165, 1.54) is 30.2 Å². The standard InChI is InChI=1S/C18H28N2O2S/c1-15-7-3-4-9-17(15)18-10-6-11-19(18)13-16-8-5-12-20(14-16)23(2,21)22/h3-4,7,9,16,18H,5-6,8,10-14H2,1-2H3/t16-,18-/m1/s1. The molecule has 0 saturated carbocycles. The summed E-state index contributed by atoms with van der Waals surface area (Å²) in [5.41, 5.74) is 2.81. The van der Waals surface area contributed by atoms with Crippen LogP contribution in [0.2, 0.25) is 0 Å². The minimum atomic E-state index is -3.05. The summed E-state index contributed by atoms with van der Waals surface area (Å²) in [6.07, 6.45) is 5.92. The lowest BCUT2D eigenvalue weighted by molar-refractivity contribution is 0.168. The first-order valence-corrected chi connectivity index (χ1v) is 10.5. The van der Waals surface area contributed by atoms with Crippen molar-refractivity contribution in [1.82, 2.24) is 9.21 Å². The maximum atomic E-state index is 11.8. The lowest BCUT2D eigenvalue weighted by Gasteiger charge is -2.35. The topological polar surface area (TPSA) is 40.6 Å². The van der Waals surface area contributed by atoms with Crippen molar-refractivity contribution in [2.75, 3.05) is 32.4 Å². The molecule has 0 radical (unpaired) electrons. The summed E-state index contributed by atoms with van der Waals surface area (Å²) in [6.45, 7) is 5.73. The third kappa shape index (κ3) is 3.95. The average Bonchev–Trinajstić information content (AvgIpc) is 2.95. The first-order valence-electron chi connectivity index (χ1n) is 8.70.